The summed E-state index contributed by atoms with van der Waals surface area (Å²) in [6, 6.07) is 14.1. The summed E-state index contributed by atoms with van der Waals surface area (Å²) in [6.07, 6.45) is 3.41. The molecule has 0 saturated heterocycles. The molecule has 5 nitrogen and oxygen atoms in total. The molecule has 0 bridgehead atoms. The highest BCUT2D eigenvalue weighted by atomic mass is 32.2. The molecular formula is C24H21FN4OS2. The monoisotopic (exact) mass is 464 g/mol. The van der Waals surface area contributed by atoms with Crippen LogP contribution in [0.15, 0.2) is 68.7 Å². The molecule has 1 unspecified atom stereocenters. The van der Waals surface area contributed by atoms with Gasteiger partial charge in [-0.15, -0.1) is 11.3 Å². The van der Waals surface area contributed by atoms with Crippen LogP contribution < -0.4 is 0 Å². The molecule has 0 aliphatic heterocycles. The quantitative estimate of drug-likeness (QED) is 0.315. The molecule has 0 fully saturated rings. The van der Waals surface area contributed by atoms with Crippen molar-refractivity contribution in [2.45, 2.75) is 24.0 Å². The van der Waals surface area contributed by atoms with E-state index in [1.54, 1.807) is 24.6 Å². The molecule has 0 radical (unpaired) electrons. The summed E-state index contributed by atoms with van der Waals surface area (Å²) in [4.78, 5) is 4.92. The van der Waals surface area contributed by atoms with Gasteiger partial charge in [0.15, 0.2) is 5.82 Å². The molecule has 32 heavy (non-hydrogen) atoms. The van der Waals surface area contributed by atoms with Crippen molar-refractivity contribution in [3.63, 3.8) is 0 Å². The zero-order valence-corrected chi connectivity index (χ0v) is 19.4. The fraction of sp³-hybridized carbons (Fsp3) is 0.167. The first-order chi connectivity index (χ1) is 15.3. The van der Waals surface area contributed by atoms with E-state index in [0.717, 1.165) is 38.5 Å². The van der Waals surface area contributed by atoms with Crippen LogP contribution in [0.2, 0.25) is 0 Å². The van der Waals surface area contributed by atoms with E-state index in [2.05, 4.69) is 28.4 Å². The van der Waals surface area contributed by atoms with Crippen molar-refractivity contribution in [3.05, 3.63) is 71.6 Å². The van der Waals surface area contributed by atoms with E-state index < -0.39 is 9.73 Å². The summed E-state index contributed by atoms with van der Waals surface area (Å²) >= 11 is 1.42. The minimum atomic E-state index is -2.67. The van der Waals surface area contributed by atoms with Gasteiger partial charge >= 0.3 is 0 Å². The van der Waals surface area contributed by atoms with Gasteiger partial charge in [-0.2, -0.15) is 9.46 Å². The van der Waals surface area contributed by atoms with E-state index in [9.17, 15) is 8.60 Å². The number of fused-ring (bicyclic) bond motifs is 2. The standard InChI is InChI=1S/C24H21FN4OS2/c1-14(2)23-22(15-6-8-17(25)9-7-15)18-11-16-13-26-28-20(16)12-19(18)24(27-23)29-32(3,30)21-5-4-10-31-21/h4-14H,1-3H3,(H,26,28). The molecule has 0 aliphatic rings. The lowest BCUT2D eigenvalue weighted by atomic mass is 9.92. The maximum atomic E-state index is 13.7. The predicted molar refractivity (Wildman–Crippen MR) is 130 cm³/mol. The average Bonchev–Trinajstić information content (AvgIpc) is 3.45. The maximum absolute atomic E-state index is 13.7. The Kier molecular flexibility index (Phi) is 5.06. The molecule has 0 saturated carbocycles. The molecule has 2 aromatic carbocycles. The molecule has 0 amide bonds. The predicted octanol–water partition coefficient (Wildman–Crippen LogP) is 6.89. The molecule has 5 aromatic rings. The van der Waals surface area contributed by atoms with Crippen molar-refractivity contribution >= 4 is 48.6 Å². The van der Waals surface area contributed by atoms with E-state index in [1.165, 1.54) is 23.5 Å². The first-order valence-electron chi connectivity index (χ1n) is 10.2. The van der Waals surface area contributed by atoms with Crippen LogP contribution in [-0.4, -0.2) is 25.6 Å². The summed E-state index contributed by atoms with van der Waals surface area (Å²) < 4.78 is 32.5. The van der Waals surface area contributed by atoms with Crippen LogP contribution >= 0.6 is 11.3 Å². The van der Waals surface area contributed by atoms with Crippen LogP contribution in [0.5, 0.6) is 0 Å². The van der Waals surface area contributed by atoms with Gasteiger partial charge in [0.25, 0.3) is 0 Å². The Morgan fingerprint density at radius 2 is 1.91 bits per heavy atom. The Hall–Kier alpha value is -3.10. The summed E-state index contributed by atoms with van der Waals surface area (Å²) in [5.41, 5.74) is 3.47. The number of H-pyrrole nitrogens is 1. The van der Waals surface area contributed by atoms with Crippen molar-refractivity contribution < 1.29 is 8.60 Å². The van der Waals surface area contributed by atoms with Crippen LogP contribution in [0, 0.1) is 5.82 Å². The lowest BCUT2D eigenvalue weighted by Gasteiger charge is -2.17. The Morgan fingerprint density at radius 1 is 1.12 bits per heavy atom. The zero-order chi connectivity index (χ0) is 22.5. The molecule has 3 heterocycles. The third-order valence-electron chi connectivity index (χ3n) is 5.38. The maximum Gasteiger partial charge on any atom is 0.170 e. The Morgan fingerprint density at radius 3 is 2.59 bits per heavy atom. The van der Waals surface area contributed by atoms with Crippen molar-refractivity contribution in [2.24, 2.45) is 4.36 Å². The number of aromatic nitrogens is 3. The molecule has 162 valence electrons. The summed E-state index contributed by atoms with van der Waals surface area (Å²) in [5.74, 6) is 0.220. The highest BCUT2D eigenvalue weighted by Crippen LogP contribution is 2.41. The van der Waals surface area contributed by atoms with Crippen molar-refractivity contribution in [3.8, 4) is 11.1 Å². The highest BCUT2D eigenvalue weighted by molar-refractivity contribution is 7.95. The number of rotatable bonds is 4. The molecule has 5 rings (SSSR count). The Balaban J connectivity index is 1.91. The fourth-order valence-electron chi connectivity index (χ4n) is 3.85. The Labute approximate surface area is 189 Å². The summed E-state index contributed by atoms with van der Waals surface area (Å²) in [5, 5.41) is 11.7. The van der Waals surface area contributed by atoms with Gasteiger partial charge in [0.1, 0.15) is 5.82 Å². The Bertz CT molecular complexity index is 1560. The van der Waals surface area contributed by atoms with Gasteiger partial charge in [-0.25, -0.2) is 13.6 Å². The van der Waals surface area contributed by atoms with Crippen molar-refractivity contribution in [1.29, 1.82) is 0 Å². The average molecular weight is 465 g/mol. The van der Waals surface area contributed by atoms with Crippen LogP contribution in [0.4, 0.5) is 10.2 Å². The van der Waals surface area contributed by atoms with Crippen molar-refractivity contribution in [2.75, 3.05) is 6.26 Å². The van der Waals surface area contributed by atoms with Crippen LogP contribution in [0.25, 0.3) is 32.8 Å². The normalized spacial score (nSPS) is 13.7. The zero-order valence-electron chi connectivity index (χ0n) is 17.8. The van der Waals surface area contributed by atoms with Crippen molar-refractivity contribution in [1.82, 2.24) is 15.2 Å². The van der Waals surface area contributed by atoms with Gasteiger partial charge in [-0.05, 0) is 52.6 Å². The number of thiophene rings is 1. The third kappa shape index (κ3) is 3.59. The molecule has 8 heteroatoms. The number of nitrogens with zero attached hydrogens (tertiary/aromatic N) is 3. The third-order valence-corrected chi connectivity index (χ3v) is 8.66. The van der Waals surface area contributed by atoms with E-state index in [4.69, 9.17) is 4.98 Å². The highest BCUT2D eigenvalue weighted by Gasteiger charge is 2.20. The molecule has 3 aromatic heterocycles. The number of hydrogen-bond donors (Lipinski definition) is 1. The van der Waals surface area contributed by atoms with Crippen LogP contribution in [0.3, 0.4) is 0 Å². The minimum absolute atomic E-state index is 0.0723. The summed E-state index contributed by atoms with van der Waals surface area (Å²) in [6.45, 7) is 4.12. The van der Waals surface area contributed by atoms with Gasteiger partial charge < -0.3 is 0 Å². The van der Waals surface area contributed by atoms with Gasteiger partial charge in [-0.3, -0.25) is 5.10 Å². The second kappa shape index (κ2) is 7.79. The van der Waals surface area contributed by atoms with Crippen LogP contribution in [-0.2, 0) is 9.73 Å². The SMILES string of the molecule is CC(C)c1nc(N=S(C)(=O)c2cccs2)c2cc3[nH]ncc3cc2c1-c1ccc(F)cc1. The number of aromatic amines is 1. The van der Waals surface area contributed by atoms with E-state index in [-0.39, 0.29) is 11.7 Å². The number of benzene rings is 2. The fourth-order valence-corrected chi connectivity index (χ4v) is 6.18. The molecular weight excluding hydrogens is 443 g/mol. The lowest BCUT2D eigenvalue weighted by Crippen LogP contribution is -2.01. The molecule has 0 spiro atoms. The minimum Gasteiger partial charge on any atom is -0.278 e. The smallest absolute Gasteiger partial charge is 0.170 e. The second-order valence-corrected chi connectivity index (χ2v) is 11.5. The van der Waals surface area contributed by atoms with E-state index >= 15 is 0 Å². The molecule has 1 atom stereocenters. The van der Waals surface area contributed by atoms with E-state index in [0.29, 0.717) is 10.0 Å². The molecule has 1 N–H and O–H groups in total. The number of nitrogens with one attached hydrogen (secondary N) is 1. The van der Waals surface area contributed by atoms with Gasteiger partial charge in [-0.1, -0.05) is 32.0 Å². The first kappa shape index (κ1) is 20.8. The summed E-state index contributed by atoms with van der Waals surface area (Å²) in [7, 11) is -2.67. The lowest BCUT2D eigenvalue weighted by molar-refractivity contribution is 0.628. The second-order valence-electron chi connectivity index (χ2n) is 8.04. The van der Waals surface area contributed by atoms with Gasteiger partial charge in [0.05, 0.1) is 31.3 Å². The first-order valence-corrected chi connectivity index (χ1v) is 13.0. The number of pyridine rings is 1. The largest absolute Gasteiger partial charge is 0.278 e. The van der Waals surface area contributed by atoms with Gasteiger partial charge in [0, 0.05) is 22.6 Å². The van der Waals surface area contributed by atoms with Crippen LogP contribution in [0.1, 0.15) is 25.5 Å². The van der Waals surface area contributed by atoms with Gasteiger partial charge in [0.2, 0.25) is 0 Å². The number of hydrogen-bond acceptors (Lipinski definition) is 5. The topological polar surface area (TPSA) is 71.0 Å². The number of halogens is 1. The molecule has 0 aliphatic carbocycles. The van der Waals surface area contributed by atoms with E-state index in [1.807, 2.05) is 29.6 Å².